The van der Waals surface area contributed by atoms with Crippen LogP contribution >= 0.6 is 0 Å². The molecule has 0 spiro atoms. The lowest BCUT2D eigenvalue weighted by atomic mass is 10.0. The van der Waals surface area contributed by atoms with Crippen molar-refractivity contribution in [2.45, 2.75) is 25.4 Å². The Labute approximate surface area is 186 Å². The molecule has 1 aliphatic heterocycles. The molecule has 0 atom stereocenters. The van der Waals surface area contributed by atoms with Gasteiger partial charge in [-0.15, -0.1) is 0 Å². The van der Waals surface area contributed by atoms with E-state index in [0.717, 1.165) is 42.3 Å². The van der Waals surface area contributed by atoms with Crippen LogP contribution in [0.2, 0.25) is 0 Å². The zero-order valence-corrected chi connectivity index (χ0v) is 17.9. The summed E-state index contributed by atoms with van der Waals surface area (Å²) in [5, 5.41) is 2.00. The Morgan fingerprint density at radius 2 is 1.97 bits per heavy atom. The summed E-state index contributed by atoms with van der Waals surface area (Å²) in [4.78, 5) is 28.0. The number of pyridine rings is 2. The monoisotopic (exact) mass is 428 g/mol. The van der Waals surface area contributed by atoms with Crippen LogP contribution in [0.1, 0.15) is 28.9 Å². The number of hydrogen-bond donors (Lipinski definition) is 0. The Kier molecular flexibility index (Phi) is 5.64. The molecule has 0 bridgehead atoms. The first kappa shape index (κ1) is 20.3. The lowest BCUT2D eigenvalue weighted by molar-refractivity contribution is 0.0985. The summed E-state index contributed by atoms with van der Waals surface area (Å²) in [6, 6.07) is 11.4. The summed E-state index contributed by atoms with van der Waals surface area (Å²) < 4.78 is 11.4. The molecule has 4 aromatic rings. The van der Waals surface area contributed by atoms with Gasteiger partial charge >= 0.3 is 0 Å². The zero-order valence-electron chi connectivity index (χ0n) is 17.9. The highest BCUT2D eigenvalue weighted by Gasteiger charge is 2.19. The summed E-state index contributed by atoms with van der Waals surface area (Å²) in [7, 11) is 2.11. The number of carbonyl (C=O) groups is 1. The Morgan fingerprint density at radius 1 is 1.09 bits per heavy atom. The Bertz CT molecular complexity index is 1230. The van der Waals surface area contributed by atoms with Gasteiger partial charge in [0.05, 0.1) is 12.6 Å². The SMILES string of the molecule is CN1CCC(Oc2cc(C(=O)Cc3cc4cc(-c5cnco5)ccc4cn3)ccn2)CC1. The summed E-state index contributed by atoms with van der Waals surface area (Å²) >= 11 is 0. The van der Waals surface area contributed by atoms with Crippen LogP contribution in [-0.4, -0.2) is 51.9 Å². The van der Waals surface area contributed by atoms with E-state index in [1.54, 1.807) is 30.7 Å². The summed E-state index contributed by atoms with van der Waals surface area (Å²) in [6.45, 7) is 2.02. The van der Waals surface area contributed by atoms with Gasteiger partial charge in [0, 0.05) is 53.8 Å². The highest BCUT2D eigenvalue weighted by Crippen LogP contribution is 2.25. The number of aromatic nitrogens is 3. The van der Waals surface area contributed by atoms with E-state index in [1.807, 2.05) is 24.3 Å². The molecule has 0 N–H and O–H groups in total. The van der Waals surface area contributed by atoms with Crippen molar-refractivity contribution in [3.05, 3.63) is 72.6 Å². The molecule has 7 heteroatoms. The summed E-state index contributed by atoms with van der Waals surface area (Å²) in [5.74, 6) is 1.20. The van der Waals surface area contributed by atoms with E-state index in [2.05, 4.69) is 26.9 Å². The first-order chi connectivity index (χ1) is 15.6. The van der Waals surface area contributed by atoms with Crippen molar-refractivity contribution in [3.8, 4) is 17.2 Å². The van der Waals surface area contributed by atoms with Crippen molar-refractivity contribution in [2.75, 3.05) is 20.1 Å². The average Bonchev–Trinajstić information content (AvgIpc) is 3.35. The van der Waals surface area contributed by atoms with Gasteiger partial charge < -0.3 is 14.1 Å². The molecule has 0 unspecified atom stereocenters. The highest BCUT2D eigenvalue weighted by atomic mass is 16.5. The van der Waals surface area contributed by atoms with Crippen molar-refractivity contribution in [1.29, 1.82) is 0 Å². The van der Waals surface area contributed by atoms with Gasteiger partial charge in [0.2, 0.25) is 5.88 Å². The molecule has 0 amide bonds. The minimum absolute atomic E-state index is 0.0149. The van der Waals surface area contributed by atoms with Crippen LogP contribution in [0.5, 0.6) is 5.88 Å². The molecule has 0 aliphatic carbocycles. The molecule has 3 aromatic heterocycles. The van der Waals surface area contributed by atoms with Gasteiger partial charge in [-0.1, -0.05) is 12.1 Å². The van der Waals surface area contributed by atoms with E-state index in [0.29, 0.717) is 22.9 Å². The predicted octanol–water partition coefficient (Wildman–Crippen LogP) is 4.18. The van der Waals surface area contributed by atoms with Gasteiger partial charge in [0.15, 0.2) is 17.9 Å². The second kappa shape index (κ2) is 8.88. The second-order valence-electron chi connectivity index (χ2n) is 8.21. The topological polar surface area (TPSA) is 81.4 Å². The van der Waals surface area contributed by atoms with Crippen molar-refractivity contribution in [2.24, 2.45) is 0 Å². The van der Waals surface area contributed by atoms with Crippen molar-refractivity contribution in [3.63, 3.8) is 0 Å². The Hall–Kier alpha value is -3.58. The number of oxazole rings is 1. The van der Waals surface area contributed by atoms with Crippen molar-refractivity contribution >= 4 is 16.6 Å². The Balaban J connectivity index is 1.31. The molecule has 1 aromatic carbocycles. The maximum atomic E-state index is 12.9. The molecule has 0 saturated carbocycles. The second-order valence-corrected chi connectivity index (χ2v) is 8.21. The largest absolute Gasteiger partial charge is 0.474 e. The maximum absolute atomic E-state index is 12.9. The van der Waals surface area contributed by atoms with Crippen molar-refractivity contribution < 1.29 is 13.9 Å². The lowest BCUT2D eigenvalue weighted by Gasteiger charge is -2.28. The number of rotatable bonds is 6. The fraction of sp³-hybridized carbons (Fsp3) is 0.280. The van der Waals surface area contributed by atoms with Gasteiger partial charge in [-0.25, -0.2) is 9.97 Å². The third-order valence-electron chi connectivity index (χ3n) is 5.85. The molecule has 0 radical (unpaired) electrons. The van der Waals surface area contributed by atoms with Gasteiger partial charge in [-0.05, 0) is 43.5 Å². The number of Topliss-reactive ketones (excluding diaryl/α,β-unsaturated/α-hetero) is 1. The van der Waals surface area contributed by atoms with E-state index in [1.165, 1.54) is 6.39 Å². The van der Waals surface area contributed by atoms with Crippen LogP contribution in [0, 0.1) is 0 Å². The van der Waals surface area contributed by atoms with Crippen LogP contribution < -0.4 is 4.74 Å². The first-order valence-electron chi connectivity index (χ1n) is 10.8. The van der Waals surface area contributed by atoms with Gasteiger partial charge in [0.25, 0.3) is 0 Å². The third-order valence-corrected chi connectivity index (χ3v) is 5.85. The molecule has 162 valence electrons. The molecule has 4 heterocycles. The fourth-order valence-electron chi connectivity index (χ4n) is 3.98. The quantitative estimate of drug-likeness (QED) is 0.426. The summed E-state index contributed by atoms with van der Waals surface area (Å²) in [6.07, 6.45) is 8.81. The standard InChI is InChI=1S/C25H24N4O3/c1-29-8-5-22(6-9-29)32-25-12-17(4-7-27-25)23(30)13-21-11-20-10-18(24-15-26-16-31-24)2-3-19(20)14-28-21/h2-4,7,10-12,14-16,22H,5-6,8-9,13H2,1H3. The molecular weight excluding hydrogens is 404 g/mol. The smallest absolute Gasteiger partial charge is 0.214 e. The van der Waals surface area contributed by atoms with Gasteiger partial charge in [0.1, 0.15) is 6.10 Å². The predicted molar refractivity (Wildman–Crippen MR) is 121 cm³/mol. The van der Waals surface area contributed by atoms with E-state index < -0.39 is 0 Å². The van der Waals surface area contributed by atoms with Crippen LogP contribution in [0.25, 0.3) is 22.1 Å². The Morgan fingerprint density at radius 3 is 2.78 bits per heavy atom. The van der Waals surface area contributed by atoms with Gasteiger partial charge in [-0.3, -0.25) is 9.78 Å². The highest BCUT2D eigenvalue weighted by molar-refractivity contribution is 5.98. The lowest BCUT2D eigenvalue weighted by Crippen LogP contribution is -2.35. The van der Waals surface area contributed by atoms with E-state index in [9.17, 15) is 4.79 Å². The van der Waals surface area contributed by atoms with Crippen LogP contribution in [0.15, 0.2) is 65.8 Å². The molecule has 5 rings (SSSR count). The minimum Gasteiger partial charge on any atom is -0.474 e. The average molecular weight is 428 g/mol. The van der Waals surface area contributed by atoms with Gasteiger partial charge in [-0.2, -0.15) is 0 Å². The van der Waals surface area contributed by atoms with E-state index in [-0.39, 0.29) is 18.3 Å². The molecule has 32 heavy (non-hydrogen) atoms. The van der Waals surface area contributed by atoms with Crippen molar-refractivity contribution in [1.82, 2.24) is 19.9 Å². The maximum Gasteiger partial charge on any atom is 0.214 e. The third kappa shape index (κ3) is 4.53. The number of likely N-dealkylation sites (tertiary alicyclic amines) is 1. The number of hydrogen-bond acceptors (Lipinski definition) is 7. The number of nitrogens with zero attached hydrogens (tertiary/aromatic N) is 4. The molecule has 1 saturated heterocycles. The fourth-order valence-corrected chi connectivity index (χ4v) is 3.98. The van der Waals surface area contributed by atoms with Crippen LogP contribution in [0.4, 0.5) is 0 Å². The van der Waals surface area contributed by atoms with Crippen LogP contribution in [-0.2, 0) is 6.42 Å². The zero-order chi connectivity index (χ0) is 21.9. The number of ketones is 1. The molecule has 7 nitrogen and oxygen atoms in total. The first-order valence-corrected chi connectivity index (χ1v) is 10.8. The molecule has 1 fully saturated rings. The number of benzene rings is 1. The number of ether oxygens (including phenoxy) is 1. The molecular formula is C25H24N4O3. The van der Waals surface area contributed by atoms with Crippen LogP contribution in [0.3, 0.4) is 0 Å². The van der Waals surface area contributed by atoms with E-state index in [4.69, 9.17) is 9.15 Å². The normalized spacial score (nSPS) is 15.2. The number of carbonyl (C=O) groups excluding carboxylic acids is 1. The summed E-state index contributed by atoms with van der Waals surface area (Å²) in [5.41, 5.74) is 2.23. The number of fused-ring (bicyclic) bond motifs is 1. The van der Waals surface area contributed by atoms with E-state index >= 15 is 0 Å². The molecule has 1 aliphatic rings. The number of piperidine rings is 1. The minimum atomic E-state index is -0.0149.